The Hall–Kier alpha value is -2.43. The maximum absolute atomic E-state index is 12.0. The van der Waals surface area contributed by atoms with Crippen molar-refractivity contribution in [2.24, 2.45) is 0 Å². The van der Waals surface area contributed by atoms with E-state index in [-0.39, 0.29) is 12.1 Å². The number of amides is 2. The predicted octanol–water partition coefficient (Wildman–Crippen LogP) is 2.78. The number of pyridine rings is 2. The van der Waals surface area contributed by atoms with Gasteiger partial charge in [0.15, 0.2) is 0 Å². The SMILES string of the molecule is CC[C@@H](NC(=O)NCCc1ccc(C)nc1)c1ccncc1. The fourth-order valence-corrected chi connectivity index (χ4v) is 2.19. The van der Waals surface area contributed by atoms with E-state index in [0.29, 0.717) is 6.54 Å². The van der Waals surface area contributed by atoms with Crippen LogP contribution >= 0.6 is 0 Å². The third-order valence-electron chi connectivity index (χ3n) is 3.49. The highest BCUT2D eigenvalue weighted by atomic mass is 16.2. The zero-order valence-corrected chi connectivity index (χ0v) is 13.0. The quantitative estimate of drug-likeness (QED) is 0.861. The summed E-state index contributed by atoms with van der Waals surface area (Å²) in [5.74, 6) is 0. The van der Waals surface area contributed by atoms with Gasteiger partial charge < -0.3 is 10.6 Å². The van der Waals surface area contributed by atoms with E-state index in [1.54, 1.807) is 12.4 Å². The molecule has 0 aliphatic rings. The third-order valence-corrected chi connectivity index (χ3v) is 3.49. The summed E-state index contributed by atoms with van der Waals surface area (Å²) < 4.78 is 0. The summed E-state index contributed by atoms with van der Waals surface area (Å²) >= 11 is 0. The highest BCUT2D eigenvalue weighted by Crippen LogP contribution is 2.14. The van der Waals surface area contributed by atoms with Crippen LogP contribution in [-0.4, -0.2) is 22.5 Å². The van der Waals surface area contributed by atoms with Gasteiger partial charge in [-0.05, 0) is 49.1 Å². The lowest BCUT2D eigenvalue weighted by Gasteiger charge is -2.17. The van der Waals surface area contributed by atoms with Crippen LogP contribution in [0.4, 0.5) is 4.79 Å². The normalized spacial score (nSPS) is 11.7. The van der Waals surface area contributed by atoms with E-state index in [0.717, 1.165) is 29.7 Å². The molecule has 0 aliphatic carbocycles. The monoisotopic (exact) mass is 298 g/mol. The van der Waals surface area contributed by atoms with E-state index in [4.69, 9.17) is 0 Å². The molecule has 0 aromatic carbocycles. The molecule has 2 N–H and O–H groups in total. The van der Waals surface area contributed by atoms with Crippen LogP contribution in [0.2, 0.25) is 0 Å². The average Bonchev–Trinajstić information content (AvgIpc) is 2.55. The third kappa shape index (κ3) is 4.84. The van der Waals surface area contributed by atoms with Crippen molar-refractivity contribution in [1.82, 2.24) is 20.6 Å². The van der Waals surface area contributed by atoms with Crippen LogP contribution in [0.25, 0.3) is 0 Å². The molecule has 2 heterocycles. The smallest absolute Gasteiger partial charge is 0.315 e. The van der Waals surface area contributed by atoms with Crippen LogP contribution in [0.1, 0.15) is 36.2 Å². The maximum Gasteiger partial charge on any atom is 0.315 e. The second-order valence-electron chi connectivity index (χ2n) is 5.20. The Balaban J connectivity index is 1.78. The molecular weight excluding hydrogens is 276 g/mol. The van der Waals surface area contributed by atoms with E-state index in [2.05, 4.69) is 20.6 Å². The highest BCUT2D eigenvalue weighted by Gasteiger charge is 2.11. The fourth-order valence-electron chi connectivity index (χ4n) is 2.19. The topological polar surface area (TPSA) is 66.9 Å². The lowest BCUT2D eigenvalue weighted by molar-refractivity contribution is 0.237. The molecule has 116 valence electrons. The molecule has 0 radical (unpaired) electrons. The fraction of sp³-hybridized carbons (Fsp3) is 0.353. The second-order valence-corrected chi connectivity index (χ2v) is 5.20. The van der Waals surface area contributed by atoms with Crippen LogP contribution < -0.4 is 10.6 Å². The maximum atomic E-state index is 12.0. The standard InChI is InChI=1S/C17H22N4O/c1-3-16(15-7-9-18-10-8-15)21-17(22)19-11-6-14-5-4-13(2)20-12-14/h4-5,7-10,12,16H,3,6,11H2,1-2H3,(H2,19,21,22)/t16-/m1/s1. The van der Waals surface area contributed by atoms with Crippen molar-refractivity contribution in [2.75, 3.05) is 6.54 Å². The molecule has 2 aromatic rings. The number of nitrogens with one attached hydrogen (secondary N) is 2. The first-order valence-electron chi connectivity index (χ1n) is 7.55. The molecule has 2 aromatic heterocycles. The van der Waals surface area contributed by atoms with Gasteiger partial charge in [-0.15, -0.1) is 0 Å². The molecule has 1 atom stereocenters. The van der Waals surface area contributed by atoms with Crippen LogP contribution in [-0.2, 0) is 6.42 Å². The Labute approximate surface area is 131 Å². The number of carbonyl (C=O) groups excluding carboxylic acids is 1. The Morgan fingerprint density at radius 3 is 2.64 bits per heavy atom. The summed E-state index contributed by atoms with van der Waals surface area (Å²) in [6.07, 6.45) is 6.93. The van der Waals surface area contributed by atoms with Gasteiger partial charge in [0.05, 0.1) is 6.04 Å². The minimum Gasteiger partial charge on any atom is -0.338 e. The molecule has 5 heteroatoms. The summed E-state index contributed by atoms with van der Waals surface area (Å²) in [7, 11) is 0. The molecule has 0 saturated heterocycles. The molecule has 0 bridgehead atoms. The van der Waals surface area contributed by atoms with Gasteiger partial charge in [-0.25, -0.2) is 4.79 Å². The first-order valence-corrected chi connectivity index (χ1v) is 7.55. The van der Waals surface area contributed by atoms with Crippen molar-refractivity contribution in [3.63, 3.8) is 0 Å². The minimum atomic E-state index is -0.149. The number of nitrogens with zero attached hydrogens (tertiary/aromatic N) is 2. The lowest BCUT2D eigenvalue weighted by Crippen LogP contribution is -2.38. The first kappa shape index (κ1) is 15.9. The van der Waals surface area contributed by atoms with Gasteiger partial charge in [-0.2, -0.15) is 0 Å². The Morgan fingerprint density at radius 1 is 1.23 bits per heavy atom. The van der Waals surface area contributed by atoms with Gasteiger partial charge in [0.2, 0.25) is 0 Å². The molecule has 0 fully saturated rings. The van der Waals surface area contributed by atoms with Gasteiger partial charge >= 0.3 is 6.03 Å². The van der Waals surface area contributed by atoms with Gasteiger partial charge in [-0.1, -0.05) is 13.0 Å². The molecule has 5 nitrogen and oxygen atoms in total. The molecule has 0 spiro atoms. The second kappa shape index (κ2) is 8.12. The Bertz CT molecular complexity index is 583. The van der Waals surface area contributed by atoms with Crippen molar-refractivity contribution in [3.05, 3.63) is 59.7 Å². The summed E-state index contributed by atoms with van der Waals surface area (Å²) in [6.45, 7) is 4.59. The number of urea groups is 1. The van der Waals surface area contributed by atoms with E-state index < -0.39 is 0 Å². The minimum absolute atomic E-state index is 0.00374. The van der Waals surface area contributed by atoms with Gasteiger partial charge in [-0.3, -0.25) is 9.97 Å². The summed E-state index contributed by atoms with van der Waals surface area (Å²) in [4.78, 5) is 20.2. The summed E-state index contributed by atoms with van der Waals surface area (Å²) in [5.41, 5.74) is 3.18. The highest BCUT2D eigenvalue weighted by molar-refractivity contribution is 5.74. The van der Waals surface area contributed by atoms with Crippen LogP contribution in [0.5, 0.6) is 0 Å². The van der Waals surface area contributed by atoms with Gasteiger partial charge in [0.1, 0.15) is 0 Å². The number of aryl methyl sites for hydroxylation is 1. The number of rotatable bonds is 6. The number of carbonyl (C=O) groups is 1. The largest absolute Gasteiger partial charge is 0.338 e. The lowest BCUT2D eigenvalue weighted by atomic mass is 10.1. The van der Waals surface area contributed by atoms with E-state index in [9.17, 15) is 4.79 Å². The summed E-state index contributed by atoms with van der Waals surface area (Å²) in [5, 5.41) is 5.87. The molecule has 0 saturated carbocycles. The number of hydrogen-bond donors (Lipinski definition) is 2. The van der Waals surface area contributed by atoms with Gasteiger partial charge in [0, 0.05) is 30.8 Å². The molecule has 22 heavy (non-hydrogen) atoms. The van der Waals surface area contributed by atoms with Crippen molar-refractivity contribution in [2.45, 2.75) is 32.7 Å². The molecule has 0 unspecified atom stereocenters. The summed E-state index contributed by atoms with van der Waals surface area (Å²) in [6, 6.07) is 7.71. The van der Waals surface area contributed by atoms with E-state index in [1.807, 2.05) is 44.3 Å². The van der Waals surface area contributed by atoms with Crippen LogP contribution in [0, 0.1) is 6.92 Å². The van der Waals surface area contributed by atoms with Crippen molar-refractivity contribution in [3.8, 4) is 0 Å². The number of hydrogen-bond acceptors (Lipinski definition) is 3. The van der Waals surface area contributed by atoms with Crippen LogP contribution in [0.3, 0.4) is 0 Å². The zero-order chi connectivity index (χ0) is 15.8. The Morgan fingerprint density at radius 2 is 2.00 bits per heavy atom. The van der Waals surface area contributed by atoms with E-state index >= 15 is 0 Å². The van der Waals surface area contributed by atoms with Crippen LogP contribution in [0.15, 0.2) is 42.9 Å². The zero-order valence-electron chi connectivity index (χ0n) is 13.0. The van der Waals surface area contributed by atoms with Gasteiger partial charge in [0.25, 0.3) is 0 Å². The molecular formula is C17H22N4O. The Kier molecular flexibility index (Phi) is 5.89. The number of aromatic nitrogens is 2. The molecule has 2 rings (SSSR count). The predicted molar refractivity (Wildman–Crippen MR) is 86.5 cm³/mol. The van der Waals surface area contributed by atoms with Crippen molar-refractivity contribution < 1.29 is 4.79 Å². The average molecular weight is 298 g/mol. The first-order chi connectivity index (χ1) is 10.7. The van der Waals surface area contributed by atoms with Crippen molar-refractivity contribution >= 4 is 6.03 Å². The van der Waals surface area contributed by atoms with Crippen molar-refractivity contribution in [1.29, 1.82) is 0 Å². The molecule has 2 amide bonds. The molecule has 0 aliphatic heterocycles. The van der Waals surface area contributed by atoms with E-state index in [1.165, 1.54) is 0 Å².